The molecule has 1 saturated heterocycles. The molecule has 9 heteroatoms. The van der Waals surface area contributed by atoms with Gasteiger partial charge in [0, 0.05) is 50.6 Å². The van der Waals surface area contributed by atoms with Gasteiger partial charge < -0.3 is 19.7 Å². The average molecular weight is 341 g/mol. The van der Waals surface area contributed by atoms with Gasteiger partial charge >= 0.3 is 0 Å². The van der Waals surface area contributed by atoms with Gasteiger partial charge in [-0.2, -0.15) is 14.6 Å². The van der Waals surface area contributed by atoms with Gasteiger partial charge in [0.15, 0.2) is 5.65 Å². The fourth-order valence-corrected chi connectivity index (χ4v) is 2.71. The van der Waals surface area contributed by atoms with Crippen molar-refractivity contribution < 1.29 is 9.47 Å². The topological polar surface area (TPSA) is 89.7 Å². The Balaban J connectivity index is 1.56. The Hall–Kier alpha value is -2.94. The number of rotatable bonds is 5. The lowest BCUT2D eigenvalue weighted by molar-refractivity contribution is 0.279. The number of hydrogen-bond donors (Lipinski definition) is 1. The summed E-state index contributed by atoms with van der Waals surface area (Å²) in [5.41, 5.74) is 1.48. The first kappa shape index (κ1) is 15.6. The lowest BCUT2D eigenvalue weighted by Crippen LogP contribution is -2.44. The normalized spacial score (nSPS) is 14.7. The quantitative estimate of drug-likeness (QED) is 0.718. The van der Waals surface area contributed by atoms with Gasteiger partial charge in [0.25, 0.3) is 0 Å². The summed E-state index contributed by atoms with van der Waals surface area (Å²) in [4.78, 5) is 15.4. The molecule has 1 aliphatic rings. The van der Waals surface area contributed by atoms with E-state index in [9.17, 15) is 0 Å². The van der Waals surface area contributed by atoms with E-state index < -0.39 is 0 Å². The van der Waals surface area contributed by atoms with Crippen molar-refractivity contribution in [3.05, 3.63) is 36.3 Å². The Bertz CT molecular complexity index is 861. The van der Waals surface area contributed by atoms with E-state index in [1.807, 2.05) is 6.07 Å². The Morgan fingerprint density at radius 2 is 2.04 bits per heavy atom. The Labute approximate surface area is 144 Å². The molecule has 0 saturated carbocycles. The van der Waals surface area contributed by atoms with Crippen molar-refractivity contribution in [3.8, 4) is 11.8 Å². The van der Waals surface area contributed by atoms with Crippen LogP contribution in [-0.4, -0.2) is 57.9 Å². The number of methoxy groups -OCH3 is 1. The van der Waals surface area contributed by atoms with E-state index >= 15 is 0 Å². The highest BCUT2D eigenvalue weighted by Crippen LogP contribution is 2.18. The molecule has 0 bridgehead atoms. The van der Waals surface area contributed by atoms with Gasteiger partial charge in [-0.25, -0.2) is 9.97 Å². The molecule has 1 fully saturated rings. The van der Waals surface area contributed by atoms with Crippen LogP contribution in [0.4, 0.5) is 5.95 Å². The van der Waals surface area contributed by atoms with Crippen molar-refractivity contribution in [1.82, 2.24) is 29.9 Å². The molecule has 0 spiro atoms. The molecule has 0 aliphatic carbocycles. The summed E-state index contributed by atoms with van der Waals surface area (Å²) < 4.78 is 12.9. The van der Waals surface area contributed by atoms with Crippen LogP contribution in [0.2, 0.25) is 0 Å². The second kappa shape index (κ2) is 6.89. The molecule has 9 nitrogen and oxygen atoms in total. The number of hydrogen-bond acceptors (Lipinski definition) is 8. The summed E-state index contributed by atoms with van der Waals surface area (Å²) >= 11 is 0. The van der Waals surface area contributed by atoms with Crippen LogP contribution in [0.15, 0.2) is 30.6 Å². The highest BCUT2D eigenvalue weighted by atomic mass is 16.5. The molecular formula is C16H19N7O2. The molecule has 0 atom stereocenters. The van der Waals surface area contributed by atoms with Crippen LogP contribution in [0.3, 0.4) is 0 Å². The number of fused-ring (bicyclic) bond motifs is 1. The van der Waals surface area contributed by atoms with Crippen LogP contribution >= 0.6 is 0 Å². The highest BCUT2D eigenvalue weighted by molar-refractivity contribution is 5.39. The molecule has 25 heavy (non-hydrogen) atoms. The number of nitrogens with one attached hydrogen (secondary N) is 1. The zero-order valence-electron chi connectivity index (χ0n) is 13.9. The molecule has 1 aliphatic heterocycles. The minimum atomic E-state index is 0.289. The second-order valence-corrected chi connectivity index (χ2v) is 5.61. The van der Waals surface area contributed by atoms with Crippen LogP contribution in [0, 0.1) is 0 Å². The molecule has 3 aromatic heterocycles. The number of nitrogens with zero attached hydrogens (tertiary/aromatic N) is 6. The van der Waals surface area contributed by atoms with E-state index in [0.29, 0.717) is 17.7 Å². The van der Waals surface area contributed by atoms with Crippen LogP contribution < -0.4 is 19.7 Å². The van der Waals surface area contributed by atoms with Crippen LogP contribution in [0.5, 0.6) is 11.8 Å². The van der Waals surface area contributed by atoms with Gasteiger partial charge in [-0.05, 0) is 0 Å². The molecule has 130 valence electrons. The Morgan fingerprint density at radius 3 is 2.88 bits per heavy atom. The summed E-state index contributed by atoms with van der Waals surface area (Å²) in [5, 5.41) is 7.53. The fourth-order valence-electron chi connectivity index (χ4n) is 2.71. The minimum absolute atomic E-state index is 0.289. The van der Waals surface area contributed by atoms with Crippen LogP contribution in [0.1, 0.15) is 5.69 Å². The van der Waals surface area contributed by atoms with Gasteiger partial charge in [-0.15, -0.1) is 0 Å². The van der Waals surface area contributed by atoms with Crippen molar-refractivity contribution in [3.63, 3.8) is 0 Å². The standard InChI is InChI=1S/C16H19N7O2/c1-24-14-10-12(20-16(21-14)22-8-6-17-7-9-22)11-25-15-3-4-18-13-2-5-19-23(13)15/h2-5,10,17H,6-9,11H2,1H3. The molecule has 4 rings (SSSR count). The smallest absolute Gasteiger partial charge is 0.229 e. The number of anilines is 1. The van der Waals surface area contributed by atoms with E-state index in [0.717, 1.165) is 37.5 Å². The van der Waals surface area contributed by atoms with E-state index in [1.54, 1.807) is 36.2 Å². The van der Waals surface area contributed by atoms with E-state index in [4.69, 9.17) is 9.47 Å². The first-order valence-electron chi connectivity index (χ1n) is 8.12. The Morgan fingerprint density at radius 1 is 1.16 bits per heavy atom. The van der Waals surface area contributed by atoms with Crippen LogP contribution in [0.25, 0.3) is 5.65 Å². The first-order valence-corrected chi connectivity index (χ1v) is 8.12. The zero-order chi connectivity index (χ0) is 17.1. The lowest BCUT2D eigenvalue weighted by Gasteiger charge is -2.27. The molecule has 0 unspecified atom stereocenters. The van der Waals surface area contributed by atoms with Crippen molar-refractivity contribution in [2.45, 2.75) is 6.61 Å². The fraction of sp³-hybridized carbons (Fsp3) is 0.375. The summed E-state index contributed by atoms with van der Waals surface area (Å²) in [6, 6.07) is 5.38. The van der Waals surface area contributed by atoms with E-state index in [2.05, 4.69) is 30.3 Å². The maximum absolute atomic E-state index is 5.89. The van der Waals surface area contributed by atoms with Gasteiger partial charge in [-0.1, -0.05) is 0 Å². The Kier molecular flexibility index (Phi) is 4.30. The van der Waals surface area contributed by atoms with Gasteiger partial charge in [0.05, 0.1) is 19.0 Å². The largest absolute Gasteiger partial charge is 0.481 e. The molecule has 1 N–H and O–H groups in total. The first-order chi connectivity index (χ1) is 12.3. The zero-order valence-corrected chi connectivity index (χ0v) is 13.9. The molecule has 0 aromatic carbocycles. The SMILES string of the molecule is COc1cc(COc2ccnc3ccnn23)nc(N2CCNCC2)n1. The van der Waals surface area contributed by atoms with Gasteiger partial charge in [-0.3, -0.25) is 0 Å². The maximum Gasteiger partial charge on any atom is 0.229 e. The molecular weight excluding hydrogens is 322 g/mol. The highest BCUT2D eigenvalue weighted by Gasteiger charge is 2.16. The number of ether oxygens (including phenoxy) is 2. The monoisotopic (exact) mass is 341 g/mol. The van der Waals surface area contributed by atoms with Crippen molar-refractivity contribution in [2.24, 2.45) is 0 Å². The van der Waals surface area contributed by atoms with Crippen molar-refractivity contribution in [1.29, 1.82) is 0 Å². The third kappa shape index (κ3) is 3.31. The predicted octanol–water partition coefficient (Wildman–Crippen LogP) is 0.516. The lowest BCUT2D eigenvalue weighted by atomic mass is 10.3. The second-order valence-electron chi connectivity index (χ2n) is 5.61. The maximum atomic E-state index is 5.89. The predicted molar refractivity (Wildman–Crippen MR) is 91.0 cm³/mol. The molecule has 3 aromatic rings. The van der Waals surface area contributed by atoms with Gasteiger partial charge in [0.2, 0.25) is 17.7 Å². The molecule has 4 heterocycles. The number of aromatic nitrogens is 5. The van der Waals surface area contributed by atoms with Crippen molar-refractivity contribution >= 4 is 11.6 Å². The molecule has 0 amide bonds. The summed E-state index contributed by atoms with van der Waals surface area (Å²) in [5.74, 6) is 1.80. The third-order valence-corrected chi connectivity index (χ3v) is 3.98. The van der Waals surface area contributed by atoms with E-state index in [1.165, 1.54) is 0 Å². The molecule has 0 radical (unpaired) electrons. The number of piperazine rings is 1. The average Bonchev–Trinajstić information content (AvgIpc) is 3.16. The minimum Gasteiger partial charge on any atom is -0.481 e. The van der Waals surface area contributed by atoms with Crippen molar-refractivity contribution in [2.75, 3.05) is 38.2 Å². The summed E-state index contributed by atoms with van der Waals surface area (Å²) in [6.45, 7) is 3.86. The van der Waals surface area contributed by atoms with Gasteiger partial charge in [0.1, 0.15) is 6.61 Å². The van der Waals surface area contributed by atoms with E-state index in [-0.39, 0.29) is 6.61 Å². The van der Waals surface area contributed by atoms with Crippen LogP contribution in [-0.2, 0) is 6.61 Å². The third-order valence-electron chi connectivity index (χ3n) is 3.98. The summed E-state index contributed by atoms with van der Waals surface area (Å²) in [7, 11) is 1.60. The summed E-state index contributed by atoms with van der Waals surface area (Å²) in [6.07, 6.45) is 3.38.